The second kappa shape index (κ2) is 11.8. The van der Waals surface area contributed by atoms with Crippen LogP contribution in [0.3, 0.4) is 0 Å². The Balaban J connectivity index is 1.41. The van der Waals surface area contributed by atoms with Crippen LogP contribution in [-0.2, 0) is 14.4 Å². The number of carbonyl (C=O) groups excluding carboxylic acids is 1. The summed E-state index contributed by atoms with van der Waals surface area (Å²) in [7, 11) is 1.43. The van der Waals surface area contributed by atoms with Gasteiger partial charge in [0.1, 0.15) is 17.9 Å². The van der Waals surface area contributed by atoms with Crippen molar-refractivity contribution in [2.75, 3.05) is 20.3 Å². The van der Waals surface area contributed by atoms with Crippen molar-refractivity contribution in [2.24, 2.45) is 29.1 Å². The summed E-state index contributed by atoms with van der Waals surface area (Å²) < 4.78 is 42.6. The number of aliphatic hydroxyl groups is 2. The molecule has 1 amide bonds. The number of ether oxygens (including phenoxy) is 3. The lowest BCUT2D eigenvalue weighted by Crippen LogP contribution is -2.62. The normalized spacial score (nSPS) is 33.5. The molecule has 1 aromatic rings. The highest BCUT2D eigenvalue weighted by Crippen LogP contribution is 2.61. The van der Waals surface area contributed by atoms with E-state index in [0.29, 0.717) is 28.9 Å². The van der Waals surface area contributed by atoms with Crippen LogP contribution in [0.5, 0.6) is 11.5 Å². The summed E-state index contributed by atoms with van der Waals surface area (Å²) in [6.07, 6.45) is 1.21. The lowest BCUT2D eigenvalue weighted by Gasteiger charge is -2.62. The monoisotopic (exact) mass is 604 g/mol. The van der Waals surface area contributed by atoms with Crippen LogP contribution in [-0.4, -0.2) is 72.0 Å². The number of amides is 1. The molecule has 11 heteroatoms. The number of nitrogens with one attached hydrogen (secondary N) is 1. The lowest BCUT2D eigenvalue weighted by atomic mass is 9.45. The Labute approximate surface area is 251 Å². The smallest absolute Gasteiger partial charge is 0.496 e. The molecule has 1 aromatic carbocycles. The van der Waals surface area contributed by atoms with Gasteiger partial charge in [0, 0.05) is 23.1 Å². The van der Waals surface area contributed by atoms with E-state index in [1.54, 1.807) is 25.1 Å². The van der Waals surface area contributed by atoms with E-state index in [1.165, 1.54) is 36.8 Å². The summed E-state index contributed by atoms with van der Waals surface area (Å²) in [5, 5.41) is 25.6. The minimum Gasteiger partial charge on any atom is -0.496 e. The molecule has 43 heavy (non-hydrogen) atoms. The van der Waals surface area contributed by atoms with Gasteiger partial charge in [-0.2, -0.15) is 5.06 Å². The van der Waals surface area contributed by atoms with Crippen LogP contribution in [0.15, 0.2) is 48.3 Å². The zero-order valence-corrected chi connectivity index (χ0v) is 25.3. The van der Waals surface area contributed by atoms with Gasteiger partial charge in [0.25, 0.3) is 0 Å². The molecular formula is C32H42F2N2O7. The van der Waals surface area contributed by atoms with E-state index < -0.39 is 37.1 Å². The zero-order chi connectivity index (χ0) is 31.3. The van der Waals surface area contributed by atoms with Crippen molar-refractivity contribution < 1.29 is 42.8 Å². The Morgan fingerprint density at radius 1 is 1.30 bits per heavy atom. The SMILES string of the molecule is C=C/C=C(CN1O[C@@H](CO)[C@@H]([C@H](C)O)[C@H]1C(=O)N[C@H]1C[C@H]2C[C@@H]([C@@H]1C)C2(C)C)\C(=C\c1cccc2c1OC(F)(F)O2)OC. The topological polar surface area (TPSA) is 110 Å². The number of fused-ring (bicyclic) bond motifs is 3. The molecule has 6 rings (SSSR count). The van der Waals surface area contributed by atoms with Crippen LogP contribution in [0.2, 0.25) is 0 Å². The molecule has 0 radical (unpaired) electrons. The summed E-state index contributed by atoms with van der Waals surface area (Å²) >= 11 is 0. The van der Waals surface area contributed by atoms with Crippen LogP contribution in [0.1, 0.15) is 46.1 Å². The number of hydroxylamine groups is 2. The van der Waals surface area contributed by atoms with E-state index in [-0.39, 0.29) is 41.2 Å². The fourth-order valence-corrected chi connectivity index (χ4v) is 7.53. The molecule has 9 nitrogen and oxygen atoms in total. The van der Waals surface area contributed by atoms with Crippen molar-refractivity contribution in [1.29, 1.82) is 0 Å². The molecule has 3 N–H and O–H groups in total. The Kier molecular flexibility index (Phi) is 8.65. The summed E-state index contributed by atoms with van der Waals surface area (Å²) in [5.74, 6) is 0.405. The van der Waals surface area contributed by atoms with Crippen LogP contribution in [0, 0.1) is 29.1 Å². The largest absolute Gasteiger partial charge is 0.586 e. The number of hydrogen-bond acceptors (Lipinski definition) is 8. The number of nitrogens with zero attached hydrogens (tertiary/aromatic N) is 1. The molecule has 1 saturated heterocycles. The van der Waals surface area contributed by atoms with Crippen molar-refractivity contribution in [2.45, 2.75) is 71.1 Å². The number of carbonyl (C=O) groups is 1. The van der Waals surface area contributed by atoms with Crippen molar-refractivity contribution in [3.05, 3.63) is 53.8 Å². The molecule has 3 saturated carbocycles. The van der Waals surface area contributed by atoms with Gasteiger partial charge in [0.15, 0.2) is 11.5 Å². The summed E-state index contributed by atoms with van der Waals surface area (Å²) in [5.41, 5.74) is 1.06. The Bertz CT molecular complexity index is 1300. The standard InChI is InChI=1S/C32H42F2N2O7/c1-7-9-20(25(40-6)12-19-10-8-11-24-29(19)42-32(33,34)41-24)15-36-28(27(18(3)38)26(16-37)43-36)30(39)35-23-14-21-13-22(17(23)2)31(21,4)5/h7-12,17-18,21-23,26-28,37-38H,1,13-16H2,2-6H3,(H,35,39)/b20-9-,25-12-/t17-,18-,21+,22-,23-,26-,27+,28-/m0/s1. The van der Waals surface area contributed by atoms with Crippen molar-refractivity contribution in [1.82, 2.24) is 10.4 Å². The minimum atomic E-state index is -3.79. The molecule has 236 valence electrons. The van der Waals surface area contributed by atoms with Gasteiger partial charge in [-0.25, -0.2) is 0 Å². The third kappa shape index (κ3) is 5.80. The number of para-hydroxylation sites is 1. The first-order valence-electron chi connectivity index (χ1n) is 14.8. The number of hydrogen-bond donors (Lipinski definition) is 3. The van der Waals surface area contributed by atoms with Crippen LogP contribution in [0.25, 0.3) is 6.08 Å². The quantitative estimate of drug-likeness (QED) is 0.269. The maximum absolute atomic E-state index is 14.0. The highest BCUT2D eigenvalue weighted by Gasteiger charge is 2.57. The van der Waals surface area contributed by atoms with E-state index in [0.717, 1.165) is 6.42 Å². The molecule has 2 bridgehead atoms. The molecule has 0 spiro atoms. The van der Waals surface area contributed by atoms with Gasteiger partial charge in [0.2, 0.25) is 5.91 Å². The predicted molar refractivity (Wildman–Crippen MR) is 155 cm³/mol. The molecule has 0 unspecified atom stereocenters. The average molecular weight is 605 g/mol. The lowest BCUT2D eigenvalue weighted by molar-refractivity contribution is -0.286. The fourth-order valence-electron chi connectivity index (χ4n) is 7.53. The van der Waals surface area contributed by atoms with Crippen LogP contribution < -0.4 is 14.8 Å². The third-order valence-corrected chi connectivity index (χ3v) is 9.99. The second-order valence-electron chi connectivity index (χ2n) is 12.7. The second-order valence-corrected chi connectivity index (χ2v) is 12.7. The third-order valence-electron chi connectivity index (χ3n) is 9.99. The van der Waals surface area contributed by atoms with E-state index >= 15 is 0 Å². The van der Waals surface area contributed by atoms with E-state index in [2.05, 4.69) is 37.4 Å². The molecule has 8 atom stereocenters. The van der Waals surface area contributed by atoms with Gasteiger partial charge in [-0.3, -0.25) is 9.63 Å². The van der Waals surface area contributed by atoms with Gasteiger partial charge in [0.05, 0.1) is 26.4 Å². The molecule has 0 aromatic heterocycles. The number of allylic oxidation sites excluding steroid dienone is 2. The Morgan fingerprint density at radius 3 is 2.65 bits per heavy atom. The highest BCUT2D eigenvalue weighted by molar-refractivity contribution is 5.83. The number of alkyl halides is 2. The Morgan fingerprint density at radius 2 is 2.05 bits per heavy atom. The molecular weight excluding hydrogens is 562 g/mol. The summed E-state index contributed by atoms with van der Waals surface area (Å²) in [4.78, 5) is 20.1. The van der Waals surface area contributed by atoms with Crippen LogP contribution in [0.4, 0.5) is 8.78 Å². The van der Waals surface area contributed by atoms with Crippen molar-refractivity contribution >= 4 is 12.0 Å². The molecule has 2 heterocycles. The van der Waals surface area contributed by atoms with Crippen LogP contribution >= 0.6 is 0 Å². The summed E-state index contributed by atoms with van der Waals surface area (Å²) in [6.45, 7) is 11.8. The number of benzene rings is 1. The van der Waals surface area contributed by atoms with Gasteiger partial charge >= 0.3 is 6.29 Å². The number of halogens is 2. The van der Waals surface area contributed by atoms with E-state index in [4.69, 9.17) is 14.3 Å². The molecule has 3 aliphatic carbocycles. The molecule has 2 aliphatic heterocycles. The molecule has 4 fully saturated rings. The summed E-state index contributed by atoms with van der Waals surface area (Å²) in [6, 6.07) is 3.59. The maximum atomic E-state index is 14.0. The maximum Gasteiger partial charge on any atom is 0.586 e. The predicted octanol–water partition coefficient (Wildman–Crippen LogP) is 4.27. The first kappa shape index (κ1) is 31.4. The number of methoxy groups -OCH3 is 1. The van der Waals surface area contributed by atoms with Gasteiger partial charge in [-0.05, 0) is 55.1 Å². The number of rotatable bonds is 10. The van der Waals surface area contributed by atoms with E-state index in [1.807, 2.05) is 0 Å². The first-order valence-corrected chi connectivity index (χ1v) is 14.8. The number of aliphatic hydroxyl groups excluding tert-OH is 2. The first-order chi connectivity index (χ1) is 20.3. The van der Waals surface area contributed by atoms with Gasteiger partial charge in [-0.15, -0.1) is 8.78 Å². The van der Waals surface area contributed by atoms with Gasteiger partial charge in [-0.1, -0.05) is 51.6 Å². The Hall–Kier alpha value is -2.99. The van der Waals surface area contributed by atoms with Crippen molar-refractivity contribution in [3.8, 4) is 11.5 Å². The zero-order valence-electron chi connectivity index (χ0n) is 25.3. The fraction of sp³-hybridized carbons (Fsp3) is 0.594. The van der Waals surface area contributed by atoms with Gasteiger partial charge < -0.3 is 29.7 Å². The van der Waals surface area contributed by atoms with E-state index in [9.17, 15) is 23.8 Å². The molecule has 5 aliphatic rings. The highest BCUT2D eigenvalue weighted by atomic mass is 19.3. The average Bonchev–Trinajstić information content (AvgIpc) is 3.48. The van der Waals surface area contributed by atoms with Crippen molar-refractivity contribution in [3.63, 3.8) is 0 Å². The minimum absolute atomic E-state index is 0.00451.